The van der Waals surface area contributed by atoms with Crippen LogP contribution in [0.3, 0.4) is 0 Å². The molecule has 0 saturated carbocycles. The van der Waals surface area contributed by atoms with Crippen molar-refractivity contribution in [1.29, 1.82) is 0 Å². The molecule has 0 bridgehead atoms. The molecule has 2 aromatic carbocycles. The van der Waals surface area contributed by atoms with Crippen LogP contribution in [0.25, 0.3) is 11.0 Å². The van der Waals surface area contributed by atoms with E-state index in [2.05, 4.69) is 15.3 Å². The normalized spacial score (nSPS) is 13.5. The van der Waals surface area contributed by atoms with Crippen molar-refractivity contribution in [2.75, 3.05) is 18.6 Å². The van der Waals surface area contributed by atoms with Crippen molar-refractivity contribution in [2.45, 2.75) is 6.54 Å². The van der Waals surface area contributed by atoms with Crippen molar-refractivity contribution in [3.05, 3.63) is 53.9 Å². The van der Waals surface area contributed by atoms with Crippen molar-refractivity contribution in [3.63, 3.8) is 0 Å². The number of hydrogen-bond donors (Lipinski definition) is 2. The Morgan fingerprint density at radius 1 is 1.32 bits per heavy atom. The number of benzene rings is 2. The van der Waals surface area contributed by atoms with Gasteiger partial charge in [-0.15, -0.1) is 0 Å². The van der Waals surface area contributed by atoms with Gasteiger partial charge in [0.05, 0.1) is 23.0 Å². The number of nitrogens with one attached hydrogen (secondary N) is 2. The number of hydrogen-bond acceptors (Lipinski definition) is 4. The van der Waals surface area contributed by atoms with Crippen LogP contribution in [0.1, 0.15) is 15.9 Å². The van der Waals surface area contributed by atoms with E-state index >= 15 is 0 Å². The molecule has 1 aliphatic rings. The Morgan fingerprint density at radius 2 is 2.20 bits per heavy atom. The van der Waals surface area contributed by atoms with E-state index in [1.807, 2.05) is 18.2 Å². The summed E-state index contributed by atoms with van der Waals surface area (Å²) in [5, 5.41) is 2.89. The summed E-state index contributed by atoms with van der Waals surface area (Å²) < 4.78 is 5.40. The van der Waals surface area contributed by atoms with Gasteiger partial charge >= 0.3 is 0 Å². The first-order chi connectivity index (χ1) is 12.1. The third-order valence-corrected chi connectivity index (χ3v) is 4.25. The molecule has 4 rings (SSSR count). The van der Waals surface area contributed by atoms with E-state index in [-0.39, 0.29) is 18.4 Å². The number of ether oxygens (including phenoxy) is 1. The van der Waals surface area contributed by atoms with Gasteiger partial charge in [-0.25, -0.2) is 4.98 Å². The minimum Gasteiger partial charge on any atom is -0.482 e. The molecule has 2 heterocycles. The molecule has 7 nitrogen and oxygen atoms in total. The lowest BCUT2D eigenvalue weighted by molar-refractivity contribution is -0.120. The van der Waals surface area contributed by atoms with Gasteiger partial charge in [-0.05, 0) is 35.9 Å². The molecule has 0 spiro atoms. The number of fused-ring (bicyclic) bond motifs is 2. The van der Waals surface area contributed by atoms with Gasteiger partial charge in [-0.2, -0.15) is 0 Å². The summed E-state index contributed by atoms with van der Waals surface area (Å²) in [5.74, 6) is 0.401. The van der Waals surface area contributed by atoms with Crippen LogP contribution in [-0.4, -0.2) is 35.4 Å². The van der Waals surface area contributed by atoms with Crippen molar-refractivity contribution in [1.82, 2.24) is 15.3 Å². The molecule has 0 unspecified atom stereocenters. The molecule has 1 aromatic heterocycles. The van der Waals surface area contributed by atoms with Gasteiger partial charge in [0, 0.05) is 19.2 Å². The van der Waals surface area contributed by atoms with Crippen LogP contribution in [0, 0.1) is 0 Å². The van der Waals surface area contributed by atoms with Crippen molar-refractivity contribution >= 4 is 28.5 Å². The van der Waals surface area contributed by atoms with Gasteiger partial charge in [-0.1, -0.05) is 6.07 Å². The highest BCUT2D eigenvalue weighted by molar-refractivity contribution is 5.98. The minimum absolute atomic E-state index is 0.0513. The molecular weight excluding hydrogens is 320 g/mol. The van der Waals surface area contributed by atoms with E-state index in [0.29, 0.717) is 23.5 Å². The van der Waals surface area contributed by atoms with E-state index in [4.69, 9.17) is 4.74 Å². The second-order valence-electron chi connectivity index (χ2n) is 5.86. The number of aromatic amines is 1. The maximum atomic E-state index is 12.4. The Hall–Kier alpha value is -3.35. The third kappa shape index (κ3) is 2.80. The zero-order valence-corrected chi connectivity index (χ0v) is 13.6. The number of imidazole rings is 1. The lowest BCUT2D eigenvalue weighted by Crippen LogP contribution is -2.35. The fraction of sp³-hybridized carbons (Fsp3) is 0.167. The third-order valence-electron chi connectivity index (χ3n) is 4.25. The summed E-state index contributed by atoms with van der Waals surface area (Å²) in [6, 6.07) is 10.9. The van der Waals surface area contributed by atoms with Crippen LogP contribution >= 0.6 is 0 Å². The second-order valence-corrected chi connectivity index (χ2v) is 5.86. The Kier molecular flexibility index (Phi) is 3.61. The van der Waals surface area contributed by atoms with Gasteiger partial charge < -0.3 is 19.9 Å². The zero-order chi connectivity index (χ0) is 17.4. The van der Waals surface area contributed by atoms with Crippen LogP contribution in [0.2, 0.25) is 0 Å². The minimum atomic E-state index is -0.171. The number of nitrogens with zero attached hydrogens (tertiary/aromatic N) is 2. The summed E-state index contributed by atoms with van der Waals surface area (Å²) in [7, 11) is 1.71. The number of H-pyrrole nitrogens is 1. The number of likely N-dealkylation sites (N-methyl/N-ethyl adjacent to an activating group) is 1. The quantitative estimate of drug-likeness (QED) is 0.764. The Balaban J connectivity index is 1.49. The molecule has 0 aliphatic carbocycles. The summed E-state index contributed by atoms with van der Waals surface area (Å²) in [6.45, 7) is 0.408. The molecule has 126 valence electrons. The topological polar surface area (TPSA) is 87.3 Å². The number of amides is 2. The van der Waals surface area contributed by atoms with E-state index in [1.165, 1.54) is 0 Å². The average molecular weight is 336 g/mol. The highest BCUT2D eigenvalue weighted by Gasteiger charge is 2.22. The lowest BCUT2D eigenvalue weighted by atomic mass is 10.1. The lowest BCUT2D eigenvalue weighted by Gasteiger charge is -2.26. The molecule has 0 saturated heterocycles. The first-order valence-electron chi connectivity index (χ1n) is 7.85. The standard InChI is InChI=1S/C18H16N4O3/c1-22-15-6-11(2-5-16(15)25-9-17(22)23)8-19-18(24)12-3-4-13-14(7-12)21-10-20-13/h2-7,10H,8-9H2,1H3,(H,19,24)(H,20,21). The summed E-state index contributed by atoms with van der Waals surface area (Å²) >= 11 is 0. The van der Waals surface area contributed by atoms with E-state index < -0.39 is 0 Å². The number of carbonyl (C=O) groups is 2. The molecule has 0 atom stereocenters. The summed E-state index contributed by atoms with van der Waals surface area (Å²) in [6.07, 6.45) is 1.60. The van der Waals surface area contributed by atoms with Gasteiger partial charge in [-0.3, -0.25) is 9.59 Å². The molecule has 0 fully saturated rings. The van der Waals surface area contributed by atoms with Crippen LogP contribution < -0.4 is 15.0 Å². The van der Waals surface area contributed by atoms with Crippen LogP contribution in [-0.2, 0) is 11.3 Å². The maximum Gasteiger partial charge on any atom is 0.264 e. The van der Waals surface area contributed by atoms with Gasteiger partial charge in [0.25, 0.3) is 11.8 Å². The monoisotopic (exact) mass is 336 g/mol. The largest absolute Gasteiger partial charge is 0.482 e. The number of rotatable bonds is 3. The van der Waals surface area contributed by atoms with Crippen molar-refractivity contribution in [3.8, 4) is 5.75 Å². The molecule has 25 heavy (non-hydrogen) atoms. The van der Waals surface area contributed by atoms with Crippen molar-refractivity contribution in [2.24, 2.45) is 0 Å². The second kappa shape index (κ2) is 5.94. The number of anilines is 1. The number of carbonyl (C=O) groups excluding carboxylic acids is 2. The van der Waals surface area contributed by atoms with Gasteiger partial charge in [0.15, 0.2) is 6.61 Å². The SMILES string of the molecule is CN1C(=O)COc2ccc(CNC(=O)c3ccc4nc[nH]c4c3)cc21. The van der Waals surface area contributed by atoms with E-state index in [9.17, 15) is 9.59 Å². The Bertz CT molecular complexity index is 979. The summed E-state index contributed by atoms with van der Waals surface area (Å²) in [4.78, 5) is 32.8. The van der Waals surface area contributed by atoms with E-state index in [1.54, 1.807) is 36.5 Å². The molecule has 3 aromatic rings. The fourth-order valence-corrected chi connectivity index (χ4v) is 2.79. The molecule has 2 N–H and O–H groups in total. The highest BCUT2D eigenvalue weighted by atomic mass is 16.5. The van der Waals surface area contributed by atoms with Gasteiger partial charge in [0.2, 0.25) is 0 Å². The van der Waals surface area contributed by atoms with Crippen LogP contribution in [0.4, 0.5) is 5.69 Å². The molecule has 0 radical (unpaired) electrons. The predicted octanol–water partition coefficient (Wildman–Crippen LogP) is 1.85. The van der Waals surface area contributed by atoms with E-state index in [0.717, 1.165) is 16.6 Å². The Morgan fingerprint density at radius 3 is 3.08 bits per heavy atom. The van der Waals surface area contributed by atoms with Crippen molar-refractivity contribution < 1.29 is 14.3 Å². The first kappa shape index (κ1) is 15.2. The predicted molar refractivity (Wildman–Crippen MR) is 92.6 cm³/mol. The average Bonchev–Trinajstić information content (AvgIpc) is 3.10. The molecule has 1 aliphatic heterocycles. The summed E-state index contributed by atoms with van der Waals surface area (Å²) in [5.41, 5.74) is 3.80. The molecular formula is C18H16N4O3. The maximum absolute atomic E-state index is 12.4. The zero-order valence-electron chi connectivity index (χ0n) is 13.6. The Labute approximate surface area is 143 Å². The molecule has 2 amide bonds. The number of aromatic nitrogens is 2. The fourth-order valence-electron chi connectivity index (χ4n) is 2.79. The van der Waals surface area contributed by atoms with Crippen LogP contribution in [0.5, 0.6) is 5.75 Å². The van der Waals surface area contributed by atoms with Crippen LogP contribution in [0.15, 0.2) is 42.7 Å². The molecule has 7 heteroatoms. The smallest absolute Gasteiger partial charge is 0.264 e. The van der Waals surface area contributed by atoms with Gasteiger partial charge in [0.1, 0.15) is 5.75 Å². The highest BCUT2D eigenvalue weighted by Crippen LogP contribution is 2.31. The first-order valence-corrected chi connectivity index (χ1v) is 7.85.